The molecule has 2 saturated heterocycles. The Morgan fingerprint density at radius 3 is 2.48 bits per heavy atom. The third-order valence-corrected chi connectivity index (χ3v) is 8.00. The SMILES string of the molecule is CC1CCCCC1NC(=NCC1CCS(=O)(=O)C1)NCC1CCOCC1.I. The number of sulfone groups is 1. The Morgan fingerprint density at radius 1 is 1.07 bits per heavy atom. The lowest BCUT2D eigenvalue weighted by atomic mass is 9.86. The molecule has 0 amide bonds. The summed E-state index contributed by atoms with van der Waals surface area (Å²) in [7, 11) is -2.83. The summed E-state index contributed by atoms with van der Waals surface area (Å²) < 4.78 is 28.8. The summed E-state index contributed by atoms with van der Waals surface area (Å²) in [5.41, 5.74) is 0. The maximum Gasteiger partial charge on any atom is 0.191 e. The van der Waals surface area contributed by atoms with Crippen LogP contribution >= 0.6 is 24.0 Å². The van der Waals surface area contributed by atoms with Gasteiger partial charge in [0.05, 0.1) is 11.5 Å². The van der Waals surface area contributed by atoms with Crippen LogP contribution in [0, 0.1) is 17.8 Å². The van der Waals surface area contributed by atoms with E-state index in [4.69, 9.17) is 9.73 Å². The van der Waals surface area contributed by atoms with Crippen molar-refractivity contribution in [2.75, 3.05) is 37.8 Å². The zero-order valence-corrected chi connectivity index (χ0v) is 19.6. The molecule has 2 aliphatic heterocycles. The van der Waals surface area contributed by atoms with Gasteiger partial charge in [-0.1, -0.05) is 19.8 Å². The van der Waals surface area contributed by atoms with Crippen molar-refractivity contribution in [2.24, 2.45) is 22.7 Å². The van der Waals surface area contributed by atoms with Gasteiger partial charge in [-0.3, -0.25) is 4.99 Å². The van der Waals surface area contributed by atoms with E-state index < -0.39 is 9.84 Å². The van der Waals surface area contributed by atoms with Crippen LogP contribution in [0.25, 0.3) is 0 Å². The zero-order chi connectivity index (χ0) is 18.4. The first-order valence-electron chi connectivity index (χ1n) is 10.3. The van der Waals surface area contributed by atoms with E-state index in [1.807, 2.05) is 0 Å². The first-order chi connectivity index (χ1) is 12.5. The molecule has 3 rings (SSSR count). The maximum atomic E-state index is 11.7. The molecule has 3 atom stereocenters. The topological polar surface area (TPSA) is 79.8 Å². The van der Waals surface area contributed by atoms with Crippen molar-refractivity contribution in [1.29, 1.82) is 0 Å². The molecule has 0 radical (unpaired) electrons. The number of nitrogens with zero attached hydrogens (tertiary/aromatic N) is 1. The quantitative estimate of drug-likeness (QED) is 0.336. The molecule has 2 heterocycles. The molecule has 0 aromatic heterocycles. The predicted molar refractivity (Wildman–Crippen MR) is 121 cm³/mol. The van der Waals surface area contributed by atoms with Crippen LogP contribution in [-0.4, -0.2) is 58.2 Å². The van der Waals surface area contributed by atoms with E-state index in [2.05, 4.69) is 17.6 Å². The Labute approximate surface area is 181 Å². The van der Waals surface area contributed by atoms with Gasteiger partial charge in [0.2, 0.25) is 0 Å². The van der Waals surface area contributed by atoms with Crippen molar-refractivity contribution in [1.82, 2.24) is 10.6 Å². The second kappa shape index (κ2) is 11.2. The highest BCUT2D eigenvalue weighted by Gasteiger charge is 2.28. The van der Waals surface area contributed by atoms with E-state index in [1.54, 1.807) is 0 Å². The molecule has 3 fully saturated rings. The van der Waals surface area contributed by atoms with E-state index in [0.717, 1.165) is 45.0 Å². The molecule has 0 bridgehead atoms. The van der Waals surface area contributed by atoms with Gasteiger partial charge in [0, 0.05) is 32.3 Å². The first kappa shape index (κ1) is 23.2. The van der Waals surface area contributed by atoms with Gasteiger partial charge in [-0.2, -0.15) is 0 Å². The molecule has 1 aliphatic carbocycles. The summed E-state index contributed by atoms with van der Waals surface area (Å²) >= 11 is 0. The molecule has 6 nitrogen and oxygen atoms in total. The summed E-state index contributed by atoms with van der Waals surface area (Å²) in [6.45, 7) is 5.54. The summed E-state index contributed by atoms with van der Waals surface area (Å²) in [6, 6.07) is 0.469. The van der Waals surface area contributed by atoms with Gasteiger partial charge in [0.15, 0.2) is 15.8 Å². The van der Waals surface area contributed by atoms with Gasteiger partial charge in [-0.15, -0.1) is 24.0 Å². The van der Waals surface area contributed by atoms with Crippen LogP contribution in [0.3, 0.4) is 0 Å². The molecule has 3 unspecified atom stereocenters. The van der Waals surface area contributed by atoms with Gasteiger partial charge < -0.3 is 15.4 Å². The second-order valence-electron chi connectivity index (χ2n) is 8.41. The molecule has 158 valence electrons. The number of halogens is 1. The average Bonchev–Trinajstić information content (AvgIpc) is 2.99. The van der Waals surface area contributed by atoms with Crippen molar-refractivity contribution < 1.29 is 13.2 Å². The molecule has 1 saturated carbocycles. The van der Waals surface area contributed by atoms with Crippen LogP contribution in [-0.2, 0) is 14.6 Å². The standard InChI is InChI=1S/C19H35N3O3S.HI/c1-15-4-2-3-5-18(15)22-19(20-12-16-6-9-25-10-7-16)21-13-17-8-11-26(23,24)14-17;/h15-18H,2-14H2,1H3,(H2,20,21,22);1H. The first-order valence-corrected chi connectivity index (χ1v) is 12.2. The number of rotatable bonds is 5. The Balaban J connectivity index is 0.00000261. The predicted octanol–water partition coefficient (Wildman–Crippen LogP) is 2.58. The number of hydrogen-bond acceptors (Lipinski definition) is 4. The number of nitrogens with one attached hydrogen (secondary N) is 2. The minimum absolute atomic E-state index is 0. The lowest BCUT2D eigenvalue weighted by Crippen LogP contribution is -2.48. The number of ether oxygens (including phenoxy) is 1. The van der Waals surface area contributed by atoms with E-state index in [0.29, 0.717) is 35.9 Å². The molecule has 0 aromatic rings. The highest BCUT2D eigenvalue weighted by atomic mass is 127. The molecule has 2 N–H and O–H groups in total. The van der Waals surface area contributed by atoms with E-state index >= 15 is 0 Å². The molecule has 0 aromatic carbocycles. The summed E-state index contributed by atoms with van der Waals surface area (Å²) in [5.74, 6) is 2.95. The zero-order valence-electron chi connectivity index (χ0n) is 16.5. The molecular formula is C19H36IN3O3S. The summed E-state index contributed by atoms with van der Waals surface area (Å²) in [6.07, 6.45) is 8.00. The average molecular weight is 513 g/mol. The van der Waals surface area contributed by atoms with E-state index in [9.17, 15) is 8.42 Å². The van der Waals surface area contributed by atoms with Gasteiger partial charge in [-0.25, -0.2) is 8.42 Å². The van der Waals surface area contributed by atoms with Gasteiger partial charge in [-0.05, 0) is 49.9 Å². The van der Waals surface area contributed by atoms with Gasteiger partial charge in [0.1, 0.15) is 0 Å². The number of guanidine groups is 1. The van der Waals surface area contributed by atoms with Crippen molar-refractivity contribution >= 4 is 39.8 Å². The van der Waals surface area contributed by atoms with Crippen LogP contribution in [0.1, 0.15) is 51.9 Å². The van der Waals surface area contributed by atoms with Gasteiger partial charge >= 0.3 is 0 Å². The number of hydrogen-bond donors (Lipinski definition) is 2. The fourth-order valence-electron chi connectivity index (χ4n) is 4.29. The number of aliphatic imine (C=N–C) groups is 1. The largest absolute Gasteiger partial charge is 0.381 e. The van der Waals surface area contributed by atoms with E-state index in [1.165, 1.54) is 25.7 Å². The minimum atomic E-state index is -2.83. The summed E-state index contributed by atoms with van der Waals surface area (Å²) in [5, 5.41) is 7.18. The van der Waals surface area contributed by atoms with Crippen molar-refractivity contribution in [2.45, 2.75) is 57.9 Å². The molecule has 0 spiro atoms. The van der Waals surface area contributed by atoms with Crippen molar-refractivity contribution in [3.8, 4) is 0 Å². The molecule has 27 heavy (non-hydrogen) atoms. The van der Waals surface area contributed by atoms with Crippen molar-refractivity contribution in [3.05, 3.63) is 0 Å². The van der Waals surface area contributed by atoms with Crippen LogP contribution < -0.4 is 10.6 Å². The Kier molecular flexibility index (Phi) is 9.61. The monoisotopic (exact) mass is 513 g/mol. The maximum absolute atomic E-state index is 11.7. The Hall–Kier alpha value is -0.0900. The second-order valence-corrected chi connectivity index (χ2v) is 10.6. The van der Waals surface area contributed by atoms with Crippen LogP contribution in [0.5, 0.6) is 0 Å². The molecule has 3 aliphatic rings. The van der Waals surface area contributed by atoms with Gasteiger partial charge in [0.25, 0.3) is 0 Å². The Morgan fingerprint density at radius 2 is 1.81 bits per heavy atom. The third-order valence-electron chi connectivity index (χ3n) is 6.17. The minimum Gasteiger partial charge on any atom is -0.381 e. The van der Waals surface area contributed by atoms with E-state index in [-0.39, 0.29) is 29.9 Å². The Bertz CT molecular complexity index is 579. The highest BCUT2D eigenvalue weighted by molar-refractivity contribution is 14.0. The fourth-order valence-corrected chi connectivity index (χ4v) is 6.14. The lowest BCUT2D eigenvalue weighted by Gasteiger charge is -2.31. The summed E-state index contributed by atoms with van der Waals surface area (Å²) in [4.78, 5) is 4.78. The smallest absolute Gasteiger partial charge is 0.191 e. The van der Waals surface area contributed by atoms with Crippen LogP contribution in [0.4, 0.5) is 0 Å². The van der Waals surface area contributed by atoms with Crippen LogP contribution in [0.15, 0.2) is 4.99 Å². The molecular weight excluding hydrogens is 477 g/mol. The third kappa shape index (κ3) is 7.68. The lowest BCUT2D eigenvalue weighted by molar-refractivity contribution is 0.0675. The molecule has 8 heteroatoms. The van der Waals surface area contributed by atoms with Crippen LogP contribution in [0.2, 0.25) is 0 Å². The normalized spacial score (nSPS) is 31.9. The fraction of sp³-hybridized carbons (Fsp3) is 0.947. The highest BCUT2D eigenvalue weighted by Crippen LogP contribution is 2.24. The van der Waals surface area contributed by atoms with Crippen molar-refractivity contribution in [3.63, 3.8) is 0 Å².